The summed E-state index contributed by atoms with van der Waals surface area (Å²) >= 11 is 0. The van der Waals surface area contributed by atoms with Crippen LogP contribution >= 0.6 is 0 Å². The Morgan fingerprint density at radius 1 is 1.53 bits per heavy atom. The normalized spacial score (nSPS) is 18.7. The minimum atomic E-state index is -0.0714. The lowest BCUT2D eigenvalue weighted by Gasteiger charge is -2.38. The summed E-state index contributed by atoms with van der Waals surface area (Å²) in [7, 11) is 3.54. The zero-order chi connectivity index (χ0) is 11.3. The van der Waals surface area contributed by atoms with Gasteiger partial charge in [0, 0.05) is 6.04 Å². The van der Waals surface area contributed by atoms with Crippen LogP contribution in [-0.4, -0.2) is 37.1 Å². The molecule has 0 aliphatic heterocycles. The molecule has 1 fully saturated rings. The van der Waals surface area contributed by atoms with E-state index in [9.17, 15) is 4.79 Å². The van der Waals surface area contributed by atoms with E-state index in [0.717, 1.165) is 19.3 Å². The van der Waals surface area contributed by atoms with Crippen LogP contribution in [0.1, 0.15) is 45.4 Å². The number of likely N-dealkylation sites (N-methyl/N-ethyl adjacent to an activating group) is 1. The van der Waals surface area contributed by atoms with Gasteiger partial charge in [-0.15, -0.1) is 0 Å². The molecule has 0 radical (unpaired) electrons. The van der Waals surface area contributed by atoms with E-state index in [1.165, 1.54) is 26.4 Å². The maximum atomic E-state index is 11.6. The molecule has 0 aromatic carbocycles. The second-order valence-electron chi connectivity index (χ2n) is 4.43. The third-order valence-electron chi connectivity index (χ3n) is 3.45. The topological polar surface area (TPSA) is 29.5 Å². The fourth-order valence-corrected chi connectivity index (χ4v) is 2.07. The number of esters is 1. The fourth-order valence-electron chi connectivity index (χ4n) is 2.07. The first-order chi connectivity index (χ1) is 7.20. The summed E-state index contributed by atoms with van der Waals surface area (Å²) in [6.07, 6.45) is 6.92. The Labute approximate surface area is 92.8 Å². The van der Waals surface area contributed by atoms with E-state index < -0.39 is 0 Å². The van der Waals surface area contributed by atoms with Crippen LogP contribution in [0.15, 0.2) is 0 Å². The number of hydrogen-bond donors (Lipinski definition) is 0. The third-order valence-corrected chi connectivity index (χ3v) is 3.45. The summed E-state index contributed by atoms with van der Waals surface area (Å²) in [6.45, 7) is 2.15. The van der Waals surface area contributed by atoms with E-state index >= 15 is 0 Å². The lowest BCUT2D eigenvalue weighted by atomic mass is 9.90. The van der Waals surface area contributed by atoms with Gasteiger partial charge in [-0.05, 0) is 26.3 Å². The predicted molar refractivity (Wildman–Crippen MR) is 60.7 cm³/mol. The zero-order valence-corrected chi connectivity index (χ0v) is 10.2. The van der Waals surface area contributed by atoms with Gasteiger partial charge < -0.3 is 4.74 Å². The molecule has 88 valence electrons. The maximum Gasteiger partial charge on any atom is 0.323 e. The maximum absolute atomic E-state index is 11.6. The Hall–Kier alpha value is -0.570. The summed E-state index contributed by atoms with van der Waals surface area (Å²) in [6, 6.07) is 0.575. The van der Waals surface area contributed by atoms with Crippen molar-refractivity contribution in [2.24, 2.45) is 0 Å². The monoisotopic (exact) mass is 213 g/mol. The number of carbonyl (C=O) groups is 1. The molecule has 1 unspecified atom stereocenters. The summed E-state index contributed by atoms with van der Waals surface area (Å²) in [4.78, 5) is 13.9. The number of carbonyl (C=O) groups excluding carboxylic acids is 1. The van der Waals surface area contributed by atoms with Gasteiger partial charge >= 0.3 is 5.97 Å². The van der Waals surface area contributed by atoms with Crippen molar-refractivity contribution in [3.8, 4) is 0 Å². The van der Waals surface area contributed by atoms with Crippen molar-refractivity contribution in [2.75, 3.05) is 14.2 Å². The number of nitrogens with zero attached hydrogens (tertiary/aromatic N) is 1. The minimum absolute atomic E-state index is 0.0275. The fraction of sp³-hybridized carbons (Fsp3) is 0.917. The SMILES string of the molecule is CCCCC(C(=O)OC)N(C)C1CCC1. The van der Waals surface area contributed by atoms with Gasteiger partial charge in [0.1, 0.15) is 6.04 Å². The molecule has 3 nitrogen and oxygen atoms in total. The summed E-state index contributed by atoms with van der Waals surface area (Å²) < 4.78 is 4.87. The van der Waals surface area contributed by atoms with Crippen molar-refractivity contribution < 1.29 is 9.53 Å². The van der Waals surface area contributed by atoms with Crippen LogP contribution < -0.4 is 0 Å². The number of hydrogen-bond acceptors (Lipinski definition) is 3. The molecule has 1 aliphatic carbocycles. The summed E-state index contributed by atoms with van der Waals surface area (Å²) in [5.41, 5.74) is 0. The molecule has 0 saturated heterocycles. The molecule has 1 aliphatic rings. The van der Waals surface area contributed by atoms with E-state index in [2.05, 4.69) is 18.9 Å². The first-order valence-electron chi connectivity index (χ1n) is 6.00. The van der Waals surface area contributed by atoms with Gasteiger partial charge in [-0.25, -0.2) is 0 Å². The number of rotatable bonds is 6. The van der Waals surface area contributed by atoms with Crippen molar-refractivity contribution in [1.29, 1.82) is 0 Å². The van der Waals surface area contributed by atoms with Gasteiger partial charge in [0.05, 0.1) is 7.11 Å². The van der Waals surface area contributed by atoms with E-state index in [-0.39, 0.29) is 12.0 Å². The quantitative estimate of drug-likeness (QED) is 0.633. The first-order valence-corrected chi connectivity index (χ1v) is 6.00. The molecular weight excluding hydrogens is 190 g/mol. The van der Waals surface area contributed by atoms with Gasteiger partial charge in [0.25, 0.3) is 0 Å². The largest absolute Gasteiger partial charge is 0.468 e. The van der Waals surface area contributed by atoms with Crippen molar-refractivity contribution in [3.63, 3.8) is 0 Å². The zero-order valence-electron chi connectivity index (χ0n) is 10.2. The van der Waals surface area contributed by atoms with Crippen molar-refractivity contribution in [1.82, 2.24) is 4.90 Å². The van der Waals surface area contributed by atoms with Crippen LogP contribution in [0.4, 0.5) is 0 Å². The Morgan fingerprint density at radius 3 is 2.60 bits per heavy atom. The van der Waals surface area contributed by atoms with Crippen molar-refractivity contribution in [2.45, 2.75) is 57.5 Å². The van der Waals surface area contributed by atoms with E-state index in [0.29, 0.717) is 6.04 Å². The van der Waals surface area contributed by atoms with Crippen molar-refractivity contribution in [3.05, 3.63) is 0 Å². The van der Waals surface area contributed by atoms with E-state index in [1.54, 1.807) is 0 Å². The first kappa shape index (κ1) is 12.5. The van der Waals surface area contributed by atoms with Gasteiger partial charge in [-0.1, -0.05) is 26.2 Å². The van der Waals surface area contributed by atoms with Gasteiger partial charge in [-0.2, -0.15) is 0 Å². The van der Waals surface area contributed by atoms with Crippen molar-refractivity contribution >= 4 is 5.97 Å². The molecule has 0 aromatic heterocycles. The molecule has 0 bridgehead atoms. The summed E-state index contributed by atoms with van der Waals surface area (Å²) in [5, 5.41) is 0. The lowest BCUT2D eigenvalue weighted by Crippen LogP contribution is -2.48. The van der Waals surface area contributed by atoms with Crippen LogP contribution in [0, 0.1) is 0 Å². The Morgan fingerprint density at radius 2 is 2.20 bits per heavy atom. The van der Waals surface area contributed by atoms with Crippen LogP contribution in [-0.2, 0) is 9.53 Å². The highest BCUT2D eigenvalue weighted by molar-refractivity contribution is 5.75. The highest BCUT2D eigenvalue weighted by Crippen LogP contribution is 2.26. The Bertz CT molecular complexity index is 202. The molecule has 1 saturated carbocycles. The molecule has 3 heteroatoms. The molecular formula is C12H23NO2. The minimum Gasteiger partial charge on any atom is -0.468 e. The average Bonchev–Trinajstić information content (AvgIpc) is 2.15. The summed E-state index contributed by atoms with van der Waals surface area (Å²) in [5.74, 6) is -0.0714. The van der Waals surface area contributed by atoms with Gasteiger partial charge in [0.2, 0.25) is 0 Å². The number of ether oxygens (including phenoxy) is 1. The van der Waals surface area contributed by atoms with Crippen LogP contribution in [0.25, 0.3) is 0 Å². The third kappa shape index (κ3) is 3.20. The van der Waals surface area contributed by atoms with Crippen LogP contribution in [0.5, 0.6) is 0 Å². The number of unbranched alkanes of at least 4 members (excludes halogenated alkanes) is 1. The number of methoxy groups -OCH3 is 1. The molecule has 0 aromatic rings. The molecule has 0 amide bonds. The molecule has 15 heavy (non-hydrogen) atoms. The Kier molecular flexibility index (Phi) is 5.09. The van der Waals surface area contributed by atoms with Crippen LogP contribution in [0.3, 0.4) is 0 Å². The predicted octanol–water partition coefficient (Wildman–Crippen LogP) is 2.20. The van der Waals surface area contributed by atoms with E-state index in [1.807, 2.05) is 0 Å². The van der Waals surface area contributed by atoms with Gasteiger partial charge in [-0.3, -0.25) is 9.69 Å². The smallest absolute Gasteiger partial charge is 0.323 e. The molecule has 0 heterocycles. The highest BCUT2D eigenvalue weighted by atomic mass is 16.5. The van der Waals surface area contributed by atoms with Gasteiger partial charge in [0.15, 0.2) is 0 Å². The average molecular weight is 213 g/mol. The van der Waals surface area contributed by atoms with E-state index in [4.69, 9.17) is 4.74 Å². The highest BCUT2D eigenvalue weighted by Gasteiger charge is 2.31. The molecule has 1 atom stereocenters. The standard InChI is InChI=1S/C12H23NO2/c1-4-5-9-11(12(14)15-3)13(2)10-7-6-8-10/h10-11H,4-9H2,1-3H3. The Balaban J connectivity index is 2.48. The van der Waals surface area contributed by atoms with Crippen LogP contribution in [0.2, 0.25) is 0 Å². The lowest BCUT2D eigenvalue weighted by molar-refractivity contribution is -0.148. The second kappa shape index (κ2) is 6.11. The molecule has 1 rings (SSSR count). The second-order valence-corrected chi connectivity index (χ2v) is 4.43. The molecule has 0 N–H and O–H groups in total. The molecule has 0 spiro atoms.